The second kappa shape index (κ2) is 6.17. The van der Waals surface area contributed by atoms with Crippen molar-refractivity contribution in [2.75, 3.05) is 0 Å². The summed E-state index contributed by atoms with van der Waals surface area (Å²) in [6, 6.07) is 0. The first kappa shape index (κ1) is 14.7. The molecule has 0 aromatic carbocycles. The monoisotopic (exact) mass is 293 g/mol. The maximum atomic E-state index is 12.1. The molecule has 1 amide bonds. The molecule has 0 aliphatic carbocycles. The number of amides is 1. The molecule has 0 radical (unpaired) electrons. The van der Waals surface area contributed by atoms with Gasteiger partial charge in [0.2, 0.25) is 0 Å². The van der Waals surface area contributed by atoms with Crippen LogP contribution in [-0.2, 0) is 13.0 Å². The number of hydrogen-bond acceptors (Lipinski definition) is 5. The highest BCUT2D eigenvalue weighted by Gasteiger charge is 2.17. The van der Waals surface area contributed by atoms with Crippen molar-refractivity contribution in [1.29, 1.82) is 0 Å². The Bertz CT molecular complexity index is 596. The van der Waals surface area contributed by atoms with Gasteiger partial charge in [-0.05, 0) is 33.6 Å². The highest BCUT2D eigenvalue weighted by molar-refractivity contribution is 7.11. The summed E-state index contributed by atoms with van der Waals surface area (Å²) >= 11 is 1.67. The number of rotatable bonds is 5. The van der Waals surface area contributed by atoms with Gasteiger partial charge in [0.05, 0.1) is 22.9 Å². The number of carbonyl (C=O) groups excluding carboxylic acids is 1. The van der Waals surface area contributed by atoms with Crippen molar-refractivity contribution in [2.24, 2.45) is 0 Å². The Morgan fingerprint density at radius 3 is 2.65 bits per heavy atom. The Labute approximate surface area is 122 Å². The summed E-state index contributed by atoms with van der Waals surface area (Å²) in [6.45, 7) is 8.12. The fraction of sp³-hybridized carbons (Fsp3) is 0.500. The van der Waals surface area contributed by atoms with Crippen LogP contribution in [0.4, 0.5) is 0 Å². The zero-order chi connectivity index (χ0) is 14.7. The first-order valence-corrected chi connectivity index (χ1v) is 7.50. The zero-order valence-electron chi connectivity index (χ0n) is 12.2. The summed E-state index contributed by atoms with van der Waals surface area (Å²) in [5.74, 6) is 0.402. The van der Waals surface area contributed by atoms with Gasteiger partial charge in [0.1, 0.15) is 11.3 Å². The van der Waals surface area contributed by atoms with Gasteiger partial charge in [-0.1, -0.05) is 12.1 Å². The minimum absolute atomic E-state index is 0.147. The van der Waals surface area contributed by atoms with E-state index < -0.39 is 0 Å². The minimum atomic E-state index is -0.147. The third-order valence-corrected chi connectivity index (χ3v) is 4.29. The van der Waals surface area contributed by atoms with Crippen molar-refractivity contribution in [3.05, 3.63) is 32.6 Å². The molecule has 2 aromatic rings. The molecular weight excluding hydrogens is 274 g/mol. The number of thiazole rings is 1. The van der Waals surface area contributed by atoms with Crippen LogP contribution >= 0.6 is 11.3 Å². The highest BCUT2D eigenvalue weighted by Crippen LogP contribution is 2.19. The molecule has 0 unspecified atom stereocenters. The molecule has 0 aliphatic rings. The van der Waals surface area contributed by atoms with E-state index >= 15 is 0 Å². The number of aryl methyl sites for hydroxylation is 4. The average molecular weight is 293 g/mol. The second-order valence-corrected chi connectivity index (χ2v) is 5.92. The number of aromatic nitrogens is 2. The van der Waals surface area contributed by atoms with Crippen molar-refractivity contribution >= 4 is 17.2 Å². The Hall–Kier alpha value is -1.69. The van der Waals surface area contributed by atoms with E-state index in [0.717, 1.165) is 28.4 Å². The summed E-state index contributed by atoms with van der Waals surface area (Å²) in [5.41, 5.74) is 2.14. The van der Waals surface area contributed by atoms with Crippen molar-refractivity contribution in [2.45, 2.75) is 47.1 Å². The normalized spacial score (nSPS) is 10.8. The van der Waals surface area contributed by atoms with Crippen LogP contribution in [0.15, 0.2) is 4.52 Å². The SMILES string of the molecule is CCCc1nc(C)c(CNC(=O)c2c(C)noc2C)s1. The molecule has 0 atom stereocenters. The van der Waals surface area contributed by atoms with E-state index in [1.807, 2.05) is 6.92 Å². The van der Waals surface area contributed by atoms with E-state index in [0.29, 0.717) is 23.6 Å². The predicted molar refractivity (Wildman–Crippen MR) is 78.0 cm³/mol. The van der Waals surface area contributed by atoms with Gasteiger partial charge in [-0.15, -0.1) is 11.3 Å². The van der Waals surface area contributed by atoms with Gasteiger partial charge in [-0.25, -0.2) is 4.98 Å². The average Bonchev–Trinajstić information content (AvgIpc) is 2.91. The topological polar surface area (TPSA) is 68.0 Å². The Morgan fingerprint density at radius 2 is 2.05 bits per heavy atom. The van der Waals surface area contributed by atoms with E-state index in [4.69, 9.17) is 4.52 Å². The lowest BCUT2D eigenvalue weighted by molar-refractivity contribution is 0.0949. The molecule has 0 saturated carbocycles. The molecule has 2 rings (SSSR count). The maximum absolute atomic E-state index is 12.1. The van der Waals surface area contributed by atoms with E-state index in [1.54, 1.807) is 25.2 Å². The van der Waals surface area contributed by atoms with Crippen LogP contribution < -0.4 is 5.32 Å². The van der Waals surface area contributed by atoms with E-state index in [9.17, 15) is 4.79 Å². The van der Waals surface area contributed by atoms with Crippen LogP contribution in [-0.4, -0.2) is 16.0 Å². The predicted octanol–water partition coefficient (Wildman–Crippen LogP) is 2.94. The van der Waals surface area contributed by atoms with E-state index in [-0.39, 0.29) is 5.91 Å². The van der Waals surface area contributed by atoms with Gasteiger partial charge < -0.3 is 9.84 Å². The fourth-order valence-corrected chi connectivity index (χ4v) is 3.14. The first-order valence-electron chi connectivity index (χ1n) is 6.69. The zero-order valence-corrected chi connectivity index (χ0v) is 13.1. The van der Waals surface area contributed by atoms with Crippen molar-refractivity contribution in [3.63, 3.8) is 0 Å². The van der Waals surface area contributed by atoms with Gasteiger partial charge in [-0.2, -0.15) is 0 Å². The Kier molecular flexibility index (Phi) is 4.54. The van der Waals surface area contributed by atoms with Gasteiger partial charge in [-0.3, -0.25) is 4.79 Å². The minimum Gasteiger partial charge on any atom is -0.361 e. The Balaban J connectivity index is 2.03. The fourth-order valence-electron chi connectivity index (χ4n) is 2.03. The number of carbonyl (C=O) groups is 1. The molecule has 0 aliphatic heterocycles. The molecule has 2 aromatic heterocycles. The quantitative estimate of drug-likeness (QED) is 0.920. The lowest BCUT2D eigenvalue weighted by atomic mass is 10.2. The van der Waals surface area contributed by atoms with Gasteiger partial charge in [0.25, 0.3) is 5.91 Å². The van der Waals surface area contributed by atoms with Crippen LogP contribution in [0.1, 0.15) is 50.7 Å². The number of nitrogens with one attached hydrogen (secondary N) is 1. The lowest BCUT2D eigenvalue weighted by Crippen LogP contribution is -2.23. The Morgan fingerprint density at radius 1 is 1.30 bits per heavy atom. The van der Waals surface area contributed by atoms with Crippen LogP contribution in [0.25, 0.3) is 0 Å². The van der Waals surface area contributed by atoms with Crippen LogP contribution in [0.2, 0.25) is 0 Å². The van der Waals surface area contributed by atoms with Crippen molar-refractivity contribution in [3.8, 4) is 0 Å². The molecule has 0 bridgehead atoms. The third kappa shape index (κ3) is 3.07. The maximum Gasteiger partial charge on any atom is 0.257 e. The van der Waals surface area contributed by atoms with Crippen LogP contribution in [0.5, 0.6) is 0 Å². The summed E-state index contributed by atoms with van der Waals surface area (Å²) < 4.78 is 5.01. The molecule has 1 N–H and O–H groups in total. The van der Waals surface area contributed by atoms with E-state index in [1.165, 1.54) is 0 Å². The molecule has 108 valence electrons. The summed E-state index contributed by atoms with van der Waals surface area (Å²) in [7, 11) is 0. The van der Waals surface area contributed by atoms with Crippen LogP contribution in [0.3, 0.4) is 0 Å². The summed E-state index contributed by atoms with van der Waals surface area (Å²) in [4.78, 5) is 17.8. The number of nitrogens with zero attached hydrogens (tertiary/aromatic N) is 2. The van der Waals surface area contributed by atoms with Crippen LogP contribution in [0, 0.1) is 20.8 Å². The van der Waals surface area contributed by atoms with Gasteiger partial charge in [0.15, 0.2) is 0 Å². The molecule has 0 fully saturated rings. The van der Waals surface area contributed by atoms with E-state index in [2.05, 4.69) is 22.4 Å². The third-order valence-electron chi connectivity index (χ3n) is 3.07. The van der Waals surface area contributed by atoms with Crippen molar-refractivity contribution in [1.82, 2.24) is 15.5 Å². The molecule has 0 spiro atoms. The first-order chi connectivity index (χ1) is 9.52. The number of hydrogen-bond donors (Lipinski definition) is 1. The molecular formula is C14H19N3O2S. The summed E-state index contributed by atoms with van der Waals surface area (Å²) in [5, 5.41) is 7.83. The highest BCUT2D eigenvalue weighted by atomic mass is 32.1. The standard InChI is InChI=1S/C14H19N3O2S/c1-5-6-12-16-8(2)11(20-12)7-15-14(18)13-9(3)17-19-10(13)4/h5-7H2,1-4H3,(H,15,18). The van der Waals surface area contributed by atoms with Crippen molar-refractivity contribution < 1.29 is 9.32 Å². The smallest absolute Gasteiger partial charge is 0.257 e. The molecule has 6 heteroatoms. The molecule has 20 heavy (non-hydrogen) atoms. The molecule has 2 heterocycles. The molecule has 0 saturated heterocycles. The molecule has 5 nitrogen and oxygen atoms in total. The largest absolute Gasteiger partial charge is 0.361 e. The summed E-state index contributed by atoms with van der Waals surface area (Å²) in [6.07, 6.45) is 2.07. The lowest BCUT2D eigenvalue weighted by Gasteiger charge is -2.03. The second-order valence-electron chi connectivity index (χ2n) is 4.75. The van der Waals surface area contributed by atoms with Gasteiger partial charge in [0, 0.05) is 4.88 Å². The van der Waals surface area contributed by atoms with Gasteiger partial charge >= 0.3 is 0 Å².